The van der Waals surface area contributed by atoms with E-state index in [9.17, 15) is 26.4 Å². The highest BCUT2D eigenvalue weighted by atomic mass is 32.2. The van der Waals surface area contributed by atoms with Crippen molar-refractivity contribution in [2.75, 3.05) is 26.4 Å². The van der Waals surface area contributed by atoms with Gasteiger partial charge in [0.2, 0.25) is 5.91 Å². The number of alkyl halides is 3. The summed E-state index contributed by atoms with van der Waals surface area (Å²) in [7, 11) is -1.69. The first-order valence-electron chi connectivity index (χ1n) is 6.74. The van der Waals surface area contributed by atoms with Crippen LogP contribution in [0.2, 0.25) is 0 Å². The van der Waals surface area contributed by atoms with Crippen LogP contribution in [0, 0.1) is 0 Å². The maximum Gasteiger partial charge on any atom is 0.405 e. The highest BCUT2D eigenvalue weighted by Crippen LogP contribution is 2.20. The van der Waals surface area contributed by atoms with E-state index in [1.807, 2.05) is 0 Å². The van der Waals surface area contributed by atoms with E-state index < -0.39 is 28.5 Å². The van der Waals surface area contributed by atoms with Crippen LogP contribution < -0.4 is 5.32 Å². The summed E-state index contributed by atoms with van der Waals surface area (Å²) in [6.45, 7) is 0.203. The van der Waals surface area contributed by atoms with Crippen LogP contribution in [0.1, 0.15) is 18.5 Å². The molecule has 0 fully saturated rings. The SMILES string of the molecule is CC(c1ccc(S(C)(=O)=O)cc1)N(C)CC(=O)NCC(F)(F)F. The molecule has 0 aromatic heterocycles. The first-order valence-corrected chi connectivity index (χ1v) is 8.63. The normalized spacial score (nSPS) is 13.9. The molecule has 1 aromatic rings. The zero-order chi connectivity index (χ0) is 17.8. The topological polar surface area (TPSA) is 66.5 Å². The summed E-state index contributed by atoms with van der Waals surface area (Å²) in [6.07, 6.45) is -3.34. The third-order valence-corrected chi connectivity index (χ3v) is 4.46. The average molecular weight is 352 g/mol. The molecule has 1 unspecified atom stereocenters. The Morgan fingerprint density at radius 2 is 1.78 bits per heavy atom. The zero-order valence-electron chi connectivity index (χ0n) is 13.0. The van der Waals surface area contributed by atoms with Crippen molar-refractivity contribution in [2.45, 2.75) is 24.0 Å². The molecule has 1 rings (SSSR count). The van der Waals surface area contributed by atoms with Gasteiger partial charge in [-0.3, -0.25) is 9.69 Å². The van der Waals surface area contributed by atoms with E-state index in [0.717, 1.165) is 11.8 Å². The van der Waals surface area contributed by atoms with E-state index in [0.29, 0.717) is 0 Å². The van der Waals surface area contributed by atoms with E-state index >= 15 is 0 Å². The number of nitrogens with zero attached hydrogens (tertiary/aromatic N) is 1. The molecule has 0 saturated heterocycles. The minimum Gasteiger partial charge on any atom is -0.346 e. The molecular weight excluding hydrogens is 333 g/mol. The Kier molecular flexibility index (Phi) is 6.18. The van der Waals surface area contributed by atoms with E-state index in [1.165, 1.54) is 12.1 Å². The lowest BCUT2D eigenvalue weighted by Gasteiger charge is -2.24. The third-order valence-electron chi connectivity index (χ3n) is 3.33. The highest BCUT2D eigenvalue weighted by Gasteiger charge is 2.28. The summed E-state index contributed by atoms with van der Waals surface area (Å²) in [5.74, 6) is -0.732. The Balaban J connectivity index is 2.66. The molecule has 0 aliphatic rings. The number of nitrogens with one attached hydrogen (secondary N) is 1. The first-order chi connectivity index (χ1) is 10.4. The lowest BCUT2D eigenvalue weighted by Crippen LogP contribution is -2.40. The number of benzene rings is 1. The van der Waals surface area contributed by atoms with Crippen molar-refractivity contribution in [3.05, 3.63) is 29.8 Å². The molecule has 0 spiro atoms. The summed E-state index contributed by atoms with van der Waals surface area (Å²) >= 11 is 0. The van der Waals surface area contributed by atoms with Crippen molar-refractivity contribution in [2.24, 2.45) is 0 Å². The molecule has 23 heavy (non-hydrogen) atoms. The summed E-state index contributed by atoms with van der Waals surface area (Å²) < 4.78 is 58.9. The van der Waals surface area contributed by atoms with Gasteiger partial charge in [-0.25, -0.2) is 8.42 Å². The van der Waals surface area contributed by atoms with E-state index in [4.69, 9.17) is 0 Å². The van der Waals surface area contributed by atoms with Crippen LogP contribution in [-0.4, -0.2) is 51.8 Å². The minimum absolute atomic E-state index is 0.180. The molecule has 1 amide bonds. The number of amides is 1. The predicted octanol–water partition coefficient (Wildman–Crippen LogP) is 1.76. The first kappa shape index (κ1) is 19.4. The largest absolute Gasteiger partial charge is 0.405 e. The second-order valence-corrected chi connectivity index (χ2v) is 7.34. The van der Waals surface area contributed by atoms with Crippen molar-refractivity contribution < 1.29 is 26.4 Å². The van der Waals surface area contributed by atoms with Gasteiger partial charge in [0.1, 0.15) is 6.54 Å². The predicted molar refractivity (Wildman–Crippen MR) is 79.7 cm³/mol. The molecular formula is C14H19F3N2O3S. The monoisotopic (exact) mass is 352 g/mol. The molecule has 0 radical (unpaired) electrons. The van der Waals surface area contributed by atoms with Gasteiger partial charge in [-0.15, -0.1) is 0 Å². The molecule has 0 saturated carbocycles. The van der Waals surface area contributed by atoms with Crippen LogP contribution in [0.15, 0.2) is 29.2 Å². The number of hydrogen-bond donors (Lipinski definition) is 1. The third kappa shape index (κ3) is 6.57. The molecule has 0 aliphatic carbocycles. The van der Waals surface area contributed by atoms with Crippen LogP contribution in [0.3, 0.4) is 0 Å². The van der Waals surface area contributed by atoms with Crippen LogP contribution in [0.5, 0.6) is 0 Å². The quantitative estimate of drug-likeness (QED) is 0.847. The van der Waals surface area contributed by atoms with Gasteiger partial charge in [0.25, 0.3) is 0 Å². The molecule has 5 nitrogen and oxygen atoms in total. The van der Waals surface area contributed by atoms with E-state index in [2.05, 4.69) is 0 Å². The van der Waals surface area contributed by atoms with Crippen molar-refractivity contribution in [3.63, 3.8) is 0 Å². The Labute approximate surface area is 133 Å². The van der Waals surface area contributed by atoms with Crippen LogP contribution in [-0.2, 0) is 14.6 Å². The molecule has 0 heterocycles. The molecule has 0 aliphatic heterocycles. The van der Waals surface area contributed by atoms with Crippen LogP contribution in [0.4, 0.5) is 13.2 Å². The number of likely N-dealkylation sites (N-methyl/N-ethyl adjacent to an activating group) is 1. The molecule has 130 valence electrons. The number of rotatable bonds is 6. The average Bonchev–Trinajstić information content (AvgIpc) is 2.42. The van der Waals surface area contributed by atoms with Crippen molar-refractivity contribution >= 4 is 15.7 Å². The fourth-order valence-corrected chi connectivity index (χ4v) is 2.50. The fourth-order valence-electron chi connectivity index (χ4n) is 1.87. The highest BCUT2D eigenvalue weighted by molar-refractivity contribution is 7.90. The van der Waals surface area contributed by atoms with Gasteiger partial charge in [-0.1, -0.05) is 12.1 Å². The fraction of sp³-hybridized carbons (Fsp3) is 0.500. The Hall–Kier alpha value is -1.61. The molecule has 0 bridgehead atoms. The van der Waals surface area contributed by atoms with Crippen LogP contribution >= 0.6 is 0 Å². The Bertz CT molecular complexity index is 642. The number of hydrogen-bond acceptors (Lipinski definition) is 4. The lowest BCUT2D eigenvalue weighted by atomic mass is 10.1. The maximum absolute atomic E-state index is 12.0. The van der Waals surface area contributed by atoms with Crippen LogP contribution in [0.25, 0.3) is 0 Å². The van der Waals surface area contributed by atoms with Gasteiger partial charge >= 0.3 is 6.18 Å². The molecule has 1 N–H and O–H groups in total. The van der Waals surface area contributed by atoms with Gasteiger partial charge in [-0.2, -0.15) is 13.2 Å². The van der Waals surface area contributed by atoms with Gasteiger partial charge in [0.05, 0.1) is 11.4 Å². The van der Waals surface area contributed by atoms with E-state index in [-0.39, 0.29) is 17.5 Å². The van der Waals surface area contributed by atoms with Gasteiger partial charge in [0, 0.05) is 12.3 Å². The number of carbonyl (C=O) groups is 1. The summed E-state index contributed by atoms with van der Waals surface area (Å²) in [5.41, 5.74) is 0.753. The van der Waals surface area contributed by atoms with E-state index in [1.54, 1.807) is 36.3 Å². The standard InChI is InChI=1S/C14H19F3N2O3S/c1-10(11-4-6-12(7-5-11)23(3,21)22)19(2)8-13(20)18-9-14(15,16)17/h4-7,10H,8-9H2,1-3H3,(H,18,20). The van der Waals surface area contributed by atoms with Gasteiger partial charge in [-0.05, 0) is 31.7 Å². The number of carbonyl (C=O) groups excluding carboxylic acids is 1. The Morgan fingerprint density at radius 1 is 1.26 bits per heavy atom. The second-order valence-electron chi connectivity index (χ2n) is 5.32. The smallest absolute Gasteiger partial charge is 0.346 e. The molecule has 1 atom stereocenters. The molecule has 9 heteroatoms. The maximum atomic E-state index is 12.0. The van der Waals surface area contributed by atoms with Crippen molar-refractivity contribution in [3.8, 4) is 0 Å². The van der Waals surface area contributed by atoms with Gasteiger partial charge in [0.15, 0.2) is 9.84 Å². The second kappa shape index (κ2) is 7.31. The Morgan fingerprint density at radius 3 is 2.22 bits per heavy atom. The zero-order valence-corrected chi connectivity index (χ0v) is 13.8. The van der Waals surface area contributed by atoms with Gasteiger partial charge < -0.3 is 5.32 Å². The summed E-state index contributed by atoms with van der Waals surface area (Å²) in [5, 5.41) is 1.80. The minimum atomic E-state index is -4.44. The number of sulfone groups is 1. The number of halogens is 3. The van der Waals surface area contributed by atoms with Crippen molar-refractivity contribution in [1.29, 1.82) is 0 Å². The summed E-state index contributed by atoms with van der Waals surface area (Å²) in [6, 6.07) is 5.88. The summed E-state index contributed by atoms with van der Waals surface area (Å²) in [4.78, 5) is 13.2. The molecule has 1 aromatic carbocycles. The van der Waals surface area contributed by atoms with Crippen molar-refractivity contribution in [1.82, 2.24) is 10.2 Å². The lowest BCUT2D eigenvalue weighted by molar-refractivity contribution is -0.139.